The van der Waals surface area contributed by atoms with Crippen LogP contribution in [-0.4, -0.2) is 77.9 Å². The maximum absolute atomic E-state index is 14.1. The number of pyridine rings is 1. The average molecular weight is 548 g/mol. The number of rotatable bonds is 6. The number of benzene rings is 2. The predicted molar refractivity (Wildman–Crippen MR) is 167 cm³/mol. The fourth-order valence-corrected chi connectivity index (χ4v) is 6.21. The molecule has 1 N–H and O–H groups in total. The molecule has 208 valence electrons. The fraction of sp³-hybridized carbons (Fsp3) is 0.367. The first-order valence-corrected chi connectivity index (χ1v) is 14.5. The van der Waals surface area contributed by atoms with Crippen LogP contribution >= 0.6 is 0 Å². The minimum absolute atomic E-state index is 0.108. The number of ether oxygens (including phenoxy) is 2. The molecule has 1 atom stereocenters. The van der Waals surface area contributed by atoms with E-state index in [1.54, 1.807) is 18.3 Å². The molecule has 0 radical (unpaired) electrons. The molecule has 1 aromatic heterocycles. The lowest BCUT2D eigenvalue weighted by atomic mass is 9.48. The number of para-hydroxylation sites is 1. The van der Waals surface area contributed by atoms with Crippen molar-refractivity contribution in [1.82, 2.24) is 10.3 Å². The van der Waals surface area contributed by atoms with Crippen molar-refractivity contribution in [3.63, 3.8) is 0 Å². The van der Waals surface area contributed by atoms with E-state index in [0.29, 0.717) is 29.8 Å². The molecular weight excluding hydrogens is 513 g/mol. The van der Waals surface area contributed by atoms with Gasteiger partial charge in [0.2, 0.25) is 5.91 Å². The summed E-state index contributed by atoms with van der Waals surface area (Å²) in [5, 5.41) is 2.51. The van der Waals surface area contributed by atoms with Gasteiger partial charge in [0.1, 0.15) is 46.8 Å². The Labute approximate surface area is 244 Å². The summed E-state index contributed by atoms with van der Waals surface area (Å²) in [7, 11) is 6.12. The van der Waals surface area contributed by atoms with Crippen LogP contribution in [0.3, 0.4) is 0 Å². The Balaban J connectivity index is 1.20. The van der Waals surface area contributed by atoms with E-state index in [9.17, 15) is 9.59 Å². The number of amides is 2. The molecule has 6 rings (SSSR count). The summed E-state index contributed by atoms with van der Waals surface area (Å²) >= 11 is 0. The lowest BCUT2D eigenvalue weighted by Crippen LogP contribution is -2.60. The van der Waals surface area contributed by atoms with Crippen molar-refractivity contribution in [3.8, 4) is 11.5 Å². The van der Waals surface area contributed by atoms with E-state index in [1.165, 1.54) is 0 Å². The van der Waals surface area contributed by atoms with Gasteiger partial charge >= 0.3 is 0 Å². The van der Waals surface area contributed by atoms with Crippen LogP contribution in [0.15, 0.2) is 66.9 Å². The van der Waals surface area contributed by atoms with Crippen LogP contribution in [0.25, 0.3) is 0 Å². The van der Waals surface area contributed by atoms with Crippen molar-refractivity contribution in [2.24, 2.45) is 5.41 Å². The van der Waals surface area contributed by atoms with Crippen molar-refractivity contribution >= 4 is 46.7 Å². The normalized spacial score (nSPS) is 20.1. The second-order valence-corrected chi connectivity index (χ2v) is 12.5. The fourth-order valence-electron chi connectivity index (χ4n) is 6.21. The van der Waals surface area contributed by atoms with E-state index in [2.05, 4.69) is 33.4 Å². The smallest absolute Gasteiger partial charge is 0.270 e. The van der Waals surface area contributed by atoms with Gasteiger partial charge in [-0.25, -0.2) is 0 Å². The highest BCUT2D eigenvalue weighted by Gasteiger charge is 2.44. The molecule has 2 saturated heterocycles. The Hall–Kier alpha value is -3.72. The lowest BCUT2D eigenvalue weighted by Gasteiger charge is -2.53. The zero-order valence-electron chi connectivity index (χ0n) is 24.1. The van der Waals surface area contributed by atoms with E-state index in [0.717, 1.165) is 56.1 Å². The Morgan fingerprint density at radius 2 is 1.78 bits per heavy atom. The van der Waals surface area contributed by atoms with E-state index in [1.807, 2.05) is 58.8 Å². The number of fused-ring (bicyclic) bond motifs is 1. The van der Waals surface area contributed by atoms with Gasteiger partial charge in [-0.15, -0.1) is 0 Å². The van der Waals surface area contributed by atoms with Crippen LogP contribution in [0, 0.1) is 5.41 Å². The molecule has 4 heterocycles. The van der Waals surface area contributed by atoms with Crippen LogP contribution in [0.4, 0.5) is 11.4 Å². The highest BCUT2D eigenvalue weighted by Crippen LogP contribution is 2.43. The van der Waals surface area contributed by atoms with E-state index in [-0.39, 0.29) is 11.6 Å². The Morgan fingerprint density at radius 3 is 2.51 bits per heavy atom. The van der Waals surface area contributed by atoms with Gasteiger partial charge in [-0.05, 0) is 66.8 Å². The average Bonchev–Trinajstić information content (AvgIpc) is 3.08. The quantitative estimate of drug-likeness (QED) is 0.465. The van der Waals surface area contributed by atoms with Crippen molar-refractivity contribution < 1.29 is 19.1 Å². The maximum atomic E-state index is 14.1. The predicted octanol–water partition coefficient (Wildman–Crippen LogP) is 1.08. The number of nitrogens with one attached hydrogen (secondary N) is 1. The highest BCUT2D eigenvalue weighted by atomic mass is 16.5. The van der Waals surface area contributed by atoms with Crippen LogP contribution in [0.5, 0.6) is 11.5 Å². The third-order valence-electron chi connectivity index (χ3n) is 8.42. The Bertz CT molecular complexity index is 1440. The zero-order valence-corrected chi connectivity index (χ0v) is 24.1. The van der Waals surface area contributed by atoms with E-state index in [4.69, 9.17) is 9.47 Å². The number of carbonyl (C=O) groups excluding carboxylic acids is 2. The molecule has 0 bridgehead atoms. The van der Waals surface area contributed by atoms with Crippen molar-refractivity contribution in [3.05, 3.63) is 78.1 Å². The van der Waals surface area contributed by atoms with Gasteiger partial charge in [0.05, 0.1) is 0 Å². The number of aromatic nitrogens is 1. The minimum atomic E-state index is -0.674. The molecule has 8 nitrogen and oxygen atoms in total. The molecule has 0 saturated carbocycles. The van der Waals surface area contributed by atoms with Crippen molar-refractivity contribution in [2.75, 3.05) is 36.1 Å². The summed E-state index contributed by atoms with van der Waals surface area (Å²) in [6.07, 6.45) is 4.96. The second-order valence-electron chi connectivity index (χ2n) is 12.5. The summed E-state index contributed by atoms with van der Waals surface area (Å²) in [6.45, 7) is 3.74. The first kappa shape index (κ1) is 27.5. The standard InChI is InChI=1S/C30H35B3N4O4/c31-30(32,33)37-26-16-21(36-18-29(19-36)11-14-40-15-12-29)8-6-20(26)7-9-24(28(37)39)35-27(38)25-17-23(10-13-34-25)41-22-4-2-1-3-5-22/h1-6,8,10,13,16-17,24H,7,9,11-12,14-15,18-19,31-33H2,(H,35,38). The van der Waals surface area contributed by atoms with Gasteiger partial charge in [0.25, 0.3) is 5.91 Å². The van der Waals surface area contributed by atoms with Crippen LogP contribution in [0.2, 0.25) is 0 Å². The number of hydrogen-bond donors (Lipinski definition) is 1. The molecule has 1 spiro atoms. The van der Waals surface area contributed by atoms with Gasteiger partial charge < -0.3 is 24.6 Å². The van der Waals surface area contributed by atoms with E-state index >= 15 is 0 Å². The Morgan fingerprint density at radius 1 is 1.02 bits per heavy atom. The zero-order chi connectivity index (χ0) is 28.6. The number of carbonyl (C=O) groups is 2. The summed E-state index contributed by atoms with van der Waals surface area (Å²) in [4.78, 5) is 35.9. The largest absolute Gasteiger partial charge is 0.457 e. The molecule has 3 aliphatic rings. The summed E-state index contributed by atoms with van der Waals surface area (Å²) in [5.41, 5.74) is 3.76. The maximum Gasteiger partial charge on any atom is 0.270 e. The van der Waals surface area contributed by atoms with Crippen molar-refractivity contribution in [2.45, 2.75) is 37.0 Å². The third kappa shape index (κ3) is 5.73. The molecule has 2 amide bonds. The highest BCUT2D eigenvalue weighted by molar-refractivity contribution is 6.62. The summed E-state index contributed by atoms with van der Waals surface area (Å²) in [5.74, 6) is 0.670. The van der Waals surface area contributed by atoms with Crippen molar-refractivity contribution in [1.29, 1.82) is 0 Å². The number of nitrogens with zero attached hydrogens (tertiary/aromatic N) is 3. The van der Waals surface area contributed by atoms with Crippen LogP contribution in [0.1, 0.15) is 35.3 Å². The molecule has 1 unspecified atom stereocenters. The minimum Gasteiger partial charge on any atom is -0.457 e. The number of anilines is 2. The van der Waals surface area contributed by atoms with E-state index < -0.39 is 17.2 Å². The van der Waals surface area contributed by atoms with Gasteiger partial charge in [-0.2, -0.15) is 0 Å². The number of aryl methyl sites for hydroxylation is 1. The molecular formula is C30H35B3N4O4. The topological polar surface area (TPSA) is 84.0 Å². The Kier molecular flexibility index (Phi) is 7.32. The lowest BCUT2D eigenvalue weighted by molar-refractivity contribution is -0.120. The third-order valence-corrected chi connectivity index (χ3v) is 8.42. The molecule has 2 fully saturated rings. The van der Waals surface area contributed by atoms with Crippen LogP contribution < -0.4 is 19.9 Å². The SMILES string of the molecule is BC(B)(B)N1C(=O)C(NC(=O)c2cc(Oc3ccccc3)ccn2)CCc2ccc(N3CC4(CCOCC4)C3)cc21. The molecule has 11 heteroatoms. The first-order chi connectivity index (χ1) is 19.7. The van der Waals surface area contributed by atoms with Crippen LogP contribution in [-0.2, 0) is 16.0 Å². The molecule has 3 aliphatic heterocycles. The monoisotopic (exact) mass is 548 g/mol. The summed E-state index contributed by atoms with van der Waals surface area (Å²) in [6, 6.07) is 18.5. The summed E-state index contributed by atoms with van der Waals surface area (Å²) < 4.78 is 11.5. The molecule has 2 aromatic carbocycles. The molecule has 3 aromatic rings. The molecule has 41 heavy (non-hydrogen) atoms. The van der Waals surface area contributed by atoms with Gasteiger partial charge in [-0.3, -0.25) is 14.6 Å². The van der Waals surface area contributed by atoms with Gasteiger partial charge in [-0.1, -0.05) is 24.3 Å². The van der Waals surface area contributed by atoms with Gasteiger partial charge in [0.15, 0.2) is 0 Å². The number of hydrogen-bond acceptors (Lipinski definition) is 6. The van der Waals surface area contributed by atoms with Gasteiger partial charge in [0, 0.05) is 55.4 Å². The first-order valence-electron chi connectivity index (χ1n) is 14.5. The molecule has 0 aliphatic carbocycles. The second kappa shape index (κ2) is 10.9.